The van der Waals surface area contributed by atoms with Crippen molar-refractivity contribution in [3.8, 4) is 16.9 Å². The van der Waals surface area contributed by atoms with Gasteiger partial charge in [-0.3, -0.25) is 4.98 Å². The average molecular weight is 398 g/mol. The Morgan fingerprint density at radius 3 is 2.60 bits per heavy atom. The number of carbonyl (C=O) groups is 1. The van der Waals surface area contributed by atoms with Crippen molar-refractivity contribution in [3.05, 3.63) is 83.3 Å². The summed E-state index contributed by atoms with van der Waals surface area (Å²) in [5.74, 6) is -0.241. The Balaban J connectivity index is 1.60. The SMILES string of the molecule is Cn1ccc2cc(Cc3ncc(C4CC4)cc3C(=O)O)cc(-c3ccc(O)cc3)c21. The van der Waals surface area contributed by atoms with E-state index >= 15 is 0 Å². The molecule has 5 nitrogen and oxygen atoms in total. The third-order valence-electron chi connectivity index (χ3n) is 5.85. The van der Waals surface area contributed by atoms with E-state index < -0.39 is 5.97 Å². The fourth-order valence-electron chi connectivity index (χ4n) is 4.14. The second-order valence-electron chi connectivity index (χ2n) is 8.07. The molecule has 2 N–H and O–H groups in total. The minimum Gasteiger partial charge on any atom is -0.508 e. The molecule has 2 aromatic carbocycles. The van der Waals surface area contributed by atoms with Crippen molar-refractivity contribution in [2.24, 2.45) is 7.05 Å². The summed E-state index contributed by atoms with van der Waals surface area (Å²) in [6.07, 6.45) is 6.52. The van der Waals surface area contributed by atoms with Crippen LogP contribution in [0.3, 0.4) is 0 Å². The number of fused-ring (bicyclic) bond motifs is 1. The zero-order valence-electron chi connectivity index (χ0n) is 16.7. The predicted octanol–water partition coefficient (Wildman–Crippen LogP) is 5.11. The maximum atomic E-state index is 11.9. The number of phenols is 1. The summed E-state index contributed by atoms with van der Waals surface area (Å²) < 4.78 is 2.08. The largest absolute Gasteiger partial charge is 0.508 e. The number of aryl methyl sites for hydroxylation is 1. The lowest BCUT2D eigenvalue weighted by Gasteiger charge is -2.12. The van der Waals surface area contributed by atoms with E-state index in [9.17, 15) is 15.0 Å². The lowest BCUT2D eigenvalue weighted by atomic mass is 9.96. The van der Waals surface area contributed by atoms with Crippen LogP contribution in [0, 0.1) is 0 Å². The Morgan fingerprint density at radius 1 is 1.13 bits per heavy atom. The summed E-state index contributed by atoms with van der Waals surface area (Å²) in [7, 11) is 2.01. The van der Waals surface area contributed by atoms with Crippen LogP contribution in [0.15, 0.2) is 60.9 Å². The number of aromatic carboxylic acids is 1. The number of benzene rings is 2. The smallest absolute Gasteiger partial charge is 0.337 e. The second kappa shape index (κ2) is 7.02. The van der Waals surface area contributed by atoms with Crippen LogP contribution in [0.2, 0.25) is 0 Å². The molecule has 0 aliphatic heterocycles. The summed E-state index contributed by atoms with van der Waals surface area (Å²) in [5.41, 5.74) is 6.04. The molecule has 0 saturated heterocycles. The fraction of sp³-hybridized carbons (Fsp3) is 0.200. The highest BCUT2D eigenvalue weighted by molar-refractivity contribution is 5.96. The summed E-state index contributed by atoms with van der Waals surface area (Å²) in [4.78, 5) is 16.4. The number of rotatable bonds is 5. The molecule has 0 unspecified atom stereocenters. The zero-order chi connectivity index (χ0) is 20.8. The van der Waals surface area contributed by atoms with Crippen molar-refractivity contribution < 1.29 is 15.0 Å². The first-order valence-electron chi connectivity index (χ1n) is 10.1. The molecule has 0 spiro atoms. The number of nitrogens with zero attached hydrogens (tertiary/aromatic N) is 2. The van der Waals surface area contributed by atoms with Crippen LogP contribution < -0.4 is 0 Å². The first-order valence-corrected chi connectivity index (χ1v) is 10.1. The van der Waals surface area contributed by atoms with Gasteiger partial charge < -0.3 is 14.8 Å². The first kappa shape index (κ1) is 18.4. The van der Waals surface area contributed by atoms with Gasteiger partial charge in [-0.05, 0) is 71.8 Å². The molecule has 5 heteroatoms. The van der Waals surface area contributed by atoms with Crippen molar-refractivity contribution in [2.75, 3.05) is 0 Å². The summed E-state index contributed by atoms with van der Waals surface area (Å²) in [5, 5.41) is 20.5. The Bertz CT molecular complexity index is 1270. The second-order valence-corrected chi connectivity index (χ2v) is 8.07. The highest BCUT2D eigenvalue weighted by Crippen LogP contribution is 2.40. The number of carboxylic acid groups (broad SMARTS) is 1. The van der Waals surface area contributed by atoms with Gasteiger partial charge in [-0.1, -0.05) is 12.1 Å². The normalized spacial score (nSPS) is 13.6. The molecular weight excluding hydrogens is 376 g/mol. The van der Waals surface area contributed by atoms with Gasteiger partial charge in [0, 0.05) is 36.8 Å². The number of hydrogen-bond donors (Lipinski definition) is 2. The lowest BCUT2D eigenvalue weighted by molar-refractivity contribution is 0.0695. The molecule has 1 saturated carbocycles. The van der Waals surface area contributed by atoms with Crippen LogP contribution in [-0.2, 0) is 13.5 Å². The summed E-state index contributed by atoms with van der Waals surface area (Å²) in [6.45, 7) is 0. The van der Waals surface area contributed by atoms with E-state index in [2.05, 4.69) is 27.8 Å². The van der Waals surface area contributed by atoms with Gasteiger partial charge >= 0.3 is 5.97 Å². The lowest BCUT2D eigenvalue weighted by Crippen LogP contribution is -2.07. The first-order chi connectivity index (χ1) is 14.5. The van der Waals surface area contributed by atoms with Gasteiger partial charge in [0.05, 0.1) is 16.8 Å². The van der Waals surface area contributed by atoms with Crippen molar-refractivity contribution in [1.29, 1.82) is 0 Å². The highest BCUT2D eigenvalue weighted by Gasteiger charge is 2.26. The van der Waals surface area contributed by atoms with E-state index in [-0.39, 0.29) is 5.75 Å². The van der Waals surface area contributed by atoms with Crippen LogP contribution in [0.5, 0.6) is 5.75 Å². The maximum Gasteiger partial charge on any atom is 0.337 e. The number of phenolic OH excluding ortho intramolecular Hbond substituents is 1. The number of pyridine rings is 1. The number of aromatic nitrogens is 2. The highest BCUT2D eigenvalue weighted by atomic mass is 16.4. The van der Waals surface area contributed by atoms with Crippen molar-refractivity contribution in [1.82, 2.24) is 9.55 Å². The van der Waals surface area contributed by atoms with Crippen LogP contribution in [0.1, 0.15) is 45.9 Å². The number of hydrogen-bond acceptors (Lipinski definition) is 3. The van der Waals surface area contributed by atoms with E-state index in [1.165, 1.54) is 0 Å². The number of carboxylic acids is 1. The molecule has 2 aromatic heterocycles. The van der Waals surface area contributed by atoms with E-state index in [1.54, 1.807) is 18.2 Å². The Kier molecular flexibility index (Phi) is 4.31. The van der Waals surface area contributed by atoms with Crippen LogP contribution in [0.25, 0.3) is 22.0 Å². The minimum absolute atomic E-state index is 0.226. The Morgan fingerprint density at radius 2 is 1.90 bits per heavy atom. The van der Waals surface area contributed by atoms with Crippen molar-refractivity contribution in [3.63, 3.8) is 0 Å². The quantitative estimate of drug-likeness (QED) is 0.490. The monoisotopic (exact) mass is 398 g/mol. The molecule has 4 aromatic rings. The van der Waals surface area contributed by atoms with Gasteiger partial charge in [0.15, 0.2) is 0 Å². The van der Waals surface area contributed by atoms with Gasteiger partial charge in [0.25, 0.3) is 0 Å². The zero-order valence-corrected chi connectivity index (χ0v) is 16.7. The third kappa shape index (κ3) is 3.32. The van der Waals surface area contributed by atoms with Crippen LogP contribution >= 0.6 is 0 Å². The van der Waals surface area contributed by atoms with Crippen LogP contribution in [0.4, 0.5) is 0 Å². The third-order valence-corrected chi connectivity index (χ3v) is 5.85. The molecule has 1 fully saturated rings. The van der Waals surface area contributed by atoms with Gasteiger partial charge in [-0.25, -0.2) is 4.79 Å². The molecule has 0 radical (unpaired) electrons. The molecule has 2 heterocycles. The predicted molar refractivity (Wildman–Crippen MR) is 116 cm³/mol. The molecule has 0 amide bonds. The topological polar surface area (TPSA) is 75.4 Å². The van der Waals surface area contributed by atoms with Gasteiger partial charge in [0.2, 0.25) is 0 Å². The molecule has 150 valence electrons. The van der Waals surface area contributed by atoms with E-state index in [0.29, 0.717) is 23.6 Å². The van der Waals surface area contributed by atoms with Crippen molar-refractivity contribution >= 4 is 16.9 Å². The maximum absolute atomic E-state index is 11.9. The molecule has 0 bridgehead atoms. The van der Waals surface area contributed by atoms with E-state index in [0.717, 1.165) is 46.0 Å². The fourth-order valence-corrected chi connectivity index (χ4v) is 4.14. The Labute approximate surface area is 174 Å². The van der Waals surface area contributed by atoms with E-state index in [1.807, 2.05) is 31.6 Å². The van der Waals surface area contributed by atoms with E-state index in [4.69, 9.17) is 0 Å². The standard InChI is InChI=1S/C25H22N2O3/c1-27-9-8-18-10-15(11-21(24(18)27)17-4-6-20(28)7-5-17)12-23-22(25(29)30)13-19(14-26-23)16-2-3-16/h4-11,13-14,16,28H,2-3,12H2,1H3,(H,29,30). The summed E-state index contributed by atoms with van der Waals surface area (Å²) >= 11 is 0. The molecular formula is C25H22N2O3. The van der Waals surface area contributed by atoms with Crippen LogP contribution in [-0.4, -0.2) is 25.7 Å². The molecule has 30 heavy (non-hydrogen) atoms. The van der Waals surface area contributed by atoms with Gasteiger partial charge in [-0.15, -0.1) is 0 Å². The Hall–Kier alpha value is -3.60. The van der Waals surface area contributed by atoms with Gasteiger partial charge in [-0.2, -0.15) is 0 Å². The molecule has 1 aliphatic carbocycles. The van der Waals surface area contributed by atoms with Gasteiger partial charge in [0.1, 0.15) is 5.75 Å². The number of aromatic hydroxyl groups is 1. The molecule has 1 aliphatic rings. The summed E-state index contributed by atoms with van der Waals surface area (Å²) in [6, 6.07) is 15.2. The molecule has 0 atom stereocenters. The van der Waals surface area contributed by atoms with Crippen molar-refractivity contribution in [2.45, 2.75) is 25.2 Å². The average Bonchev–Trinajstić information content (AvgIpc) is 3.52. The minimum atomic E-state index is -0.931. The molecule has 5 rings (SSSR count).